The molecular weight excluding hydrogens is 175 g/mol. The van der Waals surface area contributed by atoms with Gasteiger partial charge in [0, 0.05) is 5.88 Å². The third-order valence-corrected chi connectivity index (χ3v) is 1.67. The SMILES string of the molecule is CC(CCCCl)C(=O)OCl. The van der Waals surface area contributed by atoms with Crippen LogP contribution in [0.4, 0.5) is 0 Å². The lowest BCUT2D eigenvalue weighted by Crippen LogP contribution is -2.10. The molecule has 0 aliphatic rings. The topological polar surface area (TPSA) is 26.3 Å². The summed E-state index contributed by atoms with van der Waals surface area (Å²) in [5.74, 6) is 0.0444. The molecule has 0 aromatic heterocycles. The van der Waals surface area contributed by atoms with E-state index >= 15 is 0 Å². The van der Waals surface area contributed by atoms with E-state index in [1.54, 1.807) is 6.92 Å². The molecule has 1 atom stereocenters. The van der Waals surface area contributed by atoms with Gasteiger partial charge in [-0.1, -0.05) is 6.92 Å². The largest absolute Gasteiger partial charge is 0.347 e. The zero-order valence-corrected chi connectivity index (χ0v) is 7.28. The molecule has 0 saturated heterocycles. The van der Waals surface area contributed by atoms with Gasteiger partial charge in [-0.2, -0.15) is 0 Å². The van der Waals surface area contributed by atoms with Crippen LogP contribution in [0.5, 0.6) is 0 Å². The van der Waals surface area contributed by atoms with Crippen LogP contribution in [0.25, 0.3) is 0 Å². The van der Waals surface area contributed by atoms with E-state index in [0.717, 1.165) is 12.8 Å². The molecule has 0 aromatic carbocycles. The Balaban J connectivity index is 3.41. The van der Waals surface area contributed by atoms with E-state index in [0.29, 0.717) is 5.88 Å². The van der Waals surface area contributed by atoms with Gasteiger partial charge in [0.25, 0.3) is 0 Å². The number of alkyl halides is 1. The van der Waals surface area contributed by atoms with Gasteiger partial charge in [-0.3, -0.25) is 4.79 Å². The minimum Gasteiger partial charge on any atom is -0.347 e. The minimum absolute atomic E-state index is 0.142. The number of hydrogen-bond acceptors (Lipinski definition) is 2. The molecule has 0 spiro atoms. The van der Waals surface area contributed by atoms with Crippen molar-refractivity contribution in [2.24, 2.45) is 5.92 Å². The fourth-order valence-electron chi connectivity index (χ4n) is 0.577. The Bertz CT molecular complexity index is 106. The number of halogens is 2. The molecule has 0 rings (SSSR count). The second-order valence-corrected chi connectivity index (χ2v) is 2.66. The van der Waals surface area contributed by atoms with Crippen molar-refractivity contribution in [3.8, 4) is 0 Å². The molecule has 4 heteroatoms. The van der Waals surface area contributed by atoms with Crippen molar-refractivity contribution >= 4 is 29.4 Å². The highest BCUT2D eigenvalue weighted by molar-refractivity contribution is 6.17. The number of hydrogen-bond donors (Lipinski definition) is 0. The van der Waals surface area contributed by atoms with Crippen molar-refractivity contribution in [2.75, 3.05) is 5.88 Å². The van der Waals surface area contributed by atoms with Crippen LogP contribution in [0.3, 0.4) is 0 Å². The van der Waals surface area contributed by atoms with Gasteiger partial charge in [0.05, 0.1) is 5.92 Å². The van der Waals surface area contributed by atoms with E-state index < -0.39 is 0 Å². The third-order valence-electron chi connectivity index (χ3n) is 1.25. The second kappa shape index (κ2) is 5.81. The van der Waals surface area contributed by atoms with Gasteiger partial charge in [-0.15, -0.1) is 11.6 Å². The molecule has 1 unspecified atom stereocenters. The van der Waals surface area contributed by atoms with Crippen LogP contribution in [0.2, 0.25) is 0 Å². The van der Waals surface area contributed by atoms with Crippen LogP contribution in [-0.2, 0) is 9.08 Å². The average molecular weight is 185 g/mol. The monoisotopic (exact) mass is 184 g/mol. The Morgan fingerprint density at radius 3 is 2.70 bits per heavy atom. The summed E-state index contributed by atoms with van der Waals surface area (Å²) in [7, 11) is 0. The number of carbonyl (C=O) groups is 1. The summed E-state index contributed by atoms with van der Waals surface area (Å²) in [6.45, 7) is 1.76. The molecule has 2 nitrogen and oxygen atoms in total. The lowest BCUT2D eigenvalue weighted by atomic mass is 10.1. The zero-order valence-electron chi connectivity index (χ0n) is 5.77. The molecule has 0 bridgehead atoms. The van der Waals surface area contributed by atoms with Crippen LogP contribution < -0.4 is 0 Å². The first-order valence-corrected chi connectivity index (χ1v) is 3.95. The Morgan fingerprint density at radius 2 is 2.30 bits per heavy atom. The maximum absolute atomic E-state index is 10.6. The van der Waals surface area contributed by atoms with Crippen molar-refractivity contribution < 1.29 is 9.08 Å². The van der Waals surface area contributed by atoms with Crippen LogP contribution in [0.15, 0.2) is 0 Å². The van der Waals surface area contributed by atoms with Gasteiger partial charge < -0.3 is 4.29 Å². The van der Waals surface area contributed by atoms with Gasteiger partial charge in [0.2, 0.25) is 0 Å². The molecule has 0 amide bonds. The summed E-state index contributed by atoms with van der Waals surface area (Å²) in [5.41, 5.74) is 0. The van der Waals surface area contributed by atoms with E-state index in [2.05, 4.69) is 4.29 Å². The minimum atomic E-state index is -0.383. The Morgan fingerprint density at radius 1 is 1.70 bits per heavy atom. The van der Waals surface area contributed by atoms with Crippen molar-refractivity contribution in [1.82, 2.24) is 0 Å². The zero-order chi connectivity index (χ0) is 7.98. The third kappa shape index (κ3) is 3.96. The molecule has 0 fully saturated rings. The molecule has 0 aliphatic heterocycles. The Kier molecular flexibility index (Phi) is 5.84. The molecule has 0 N–H and O–H groups in total. The lowest BCUT2D eigenvalue weighted by molar-refractivity contribution is -0.138. The van der Waals surface area contributed by atoms with Crippen LogP contribution in [-0.4, -0.2) is 11.8 Å². The highest BCUT2D eigenvalue weighted by Crippen LogP contribution is 2.08. The predicted octanol–water partition coefficient (Wildman–Crippen LogP) is 2.34. The Labute approximate surface area is 70.6 Å². The summed E-state index contributed by atoms with van der Waals surface area (Å²) in [4.78, 5) is 10.6. The maximum atomic E-state index is 10.6. The lowest BCUT2D eigenvalue weighted by Gasteiger charge is -2.03. The summed E-state index contributed by atoms with van der Waals surface area (Å²) < 4.78 is 4.00. The molecule has 0 radical (unpaired) electrons. The van der Waals surface area contributed by atoms with Crippen molar-refractivity contribution in [3.63, 3.8) is 0 Å². The first-order valence-electron chi connectivity index (χ1n) is 3.10. The fraction of sp³-hybridized carbons (Fsp3) is 0.833. The quantitative estimate of drug-likeness (QED) is 0.628. The van der Waals surface area contributed by atoms with E-state index in [-0.39, 0.29) is 11.9 Å². The van der Waals surface area contributed by atoms with E-state index in [1.807, 2.05) is 0 Å². The average Bonchev–Trinajstić information content (AvgIpc) is 1.98. The summed E-state index contributed by atoms with van der Waals surface area (Å²) in [5, 5.41) is 0. The van der Waals surface area contributed by atoms with Gasteiger partial charge >= 0.3 is 5.97 Å². The van der Waals surface area contributed by atoms with Gasteiger partial charge in [0.1, 0.15) is 11.9 Å². The van der Waals surface area contributed by atoms with Crippen LogP contribution in [0.1, 0.15) is 19.8 Å². The van der Waals surface area contributed by atoms with Crippen molar-refractivity contribution in [2.45, 2.75) is 19.8 Å². The van der Waals surface area contributed by atoms with E-state index in [4.69, 9.17) is 23.5 Å². The highest BCUT2D eigenvalue weighted by Gasteiger charge is 2.12. The fourth-order valence-corrected chi connectivity index (χ4v) is 0.884. The number of carbonyl (C=O) groups excluding carboxylic acids is 1. The highest BCUT2D eigenvalue weighted by atomic mass is 35.5. The molecule has 0 aromatic rings. The van der Waals surface area contributed by atoms with E-state index in [9.17, 15) is 4.79 Å². The molecule has 0 saturated carbocycles. The molecular formula is C6H10Cl2O2. The smallest absolute Gasteiger partial charge is 0.327 e. The van der Waals surface area contributed by atoms with Crippen molar-refractivity contribution in [1.29, 1.82) is 0 Å². The Hall–Kier alpha value is 0.0500. The summed E-state index contributed by atoms with van der Waals surface area (Å²) in [6, 6.07) is 0. The van der Waals surface area contributed by atoms with Gasteiger partial charge in [-0.05, 0) is 12.8 Å². The van der Waals surface area contributed by atoms with Crippen molar-refractivity contribution in [3.05, 3.63) is 0 Å². The molecule has 0 heterocycles. The first kappa shape index (κ1) is 10.0. The molecule has 0 aliphatic carbocycles. The summed E-state index contributed by atoms with van der Waals surface area (Å²) in [6.07, 6.45) is 1.55. The molecule has 10 heavy (non-hydrogen) atoms. The molecule has 60 valence electrons. The second-order valence-electron chi connectivity index (χ2n) is 2.13. The standard InChI is InChI=1S/C6H10Cl2O2/c1-5(3-2-4-7)6(9)10-8/h5H,2-4H2,1H3. The first-order chi connectivity index (χ1) is 4.72. The predicted molar refractivity (Wildman–Crippen MR) is 41.1 cm³/mol. The number of rotatable bonds is 4. The van der Waals surface area contributed by atoms with Crippen LogP contribution in [0, 0.1) is 5.92 Å². The van der Waals surface area contributed by atoms with Crippen LogP contribution >= 0.6 is 23.5 Å². The van der Waals surface area contributed by atoms with Gasteiger partial charge in [0.15, 0.2) is 0 Å². The normalized spacial score (nSPS) is 12.7. The van der Waals surface area contributed by atoms with Gasteiger partial charge in [-0.25, -0.2) is 0 Å². The maximum Gasteiger partial charge on any atom is 0.327 e. The van der Waals surface area contributed by atoms with E-state index in [1.165, 1.54) is 0 Å². The summed E-state index contributed by atoms with van der Waals surface area (Å²) >= 11 is 10.3.